The van der Waals surface area contributed by atoms with Crippen LogP contribution in [0.5, 0.6) is 0 Å². The predicted molar refractivity (Wildman–Crippen MR) is 50.2 cm³/mol. The number of nitrogens with one attached hydrogen (secondary N) is 1. The van der Waals surface area contributed by atoms with E-state index in [2.05, 4.69) is 14.7 Å². The van der Waals surface area contributed by atoms with E-state index in [-0.39, 0.29) is 5.56 Å². The lowest BCUT2D eigenvalue weighted by atomic mass is 10.3. The molecule has 1 aromatic heterocycles. The van der Waals surface area contributed by atoms with Gasteiger partial charge in [0.1, 0.15) is 11.4 Å². The first kappa shape index (κ1) is 10.4. The third-order valence-electron chi connectivity index (χ3n) is 1.74. The molecule has 1 rings (SSSR count). The minimum atomic E-state index is -0.665. The number of hydrogen-bond acceptors (Lipinski definition) is 4. The van der Waals surface area contributed by atoms with Crippen molar-refractivity contribution in [1.82, 2.24) is 9.97 Å². The molecule has 0 unspecified atom stereocenters. The Bertz CT molecular complexity index is 384. The standard InChI is InChI=1S/C9H12N2O3/c1-3-4-7-10-5-6(8(12)11-7)9(13)14-2/h5H,3-4H2,1-2H3,(H,10,11,12). The summed E-state index contributed by atoms with van der Waals surface area (Å²) in [6, 6.07) is 0. The topological polar surface area (TPSA) is 72.0 Å². The van der Waals surface area contributed by atoms with E-state index in [1.807, 2.05) is 6.92 Å². The van der Waals surface area contributed by atoms with Gasteiger partial charge in [0, 0.05) is 12.6 Å². The summed E-state index contributed by atoms with van der Waals surface area (Å²) >= 11 is 0. The maximum Gasteiger partial charge on any atom is 0.345 e. The molecule has 5 heteroatoms. The molecule has 0 amide bonds. The monoisotopic (exact) mass is 196 g/mol. The first-order valence-electron chi connectivity index (χ1n) is 4.35. The molecule has 76 valence electrons. The van der Waals surface area contributed by atoms with E-state index in [0.29, 0.717) is 12.2 Å². The molecule has 0 bridgehead atoms. The Labute approximate surface area is 81.1 Å². The van der Waals surface area contributed by atoms with Gasteiger partial charge >= 0.3 is 5.97 Å². The van der Waals surface area contributed by atoms with Crippen LogP contribution in [-0.2, 0) is 11.2 Å². The van der Waals surface area contributed by atoms with Crippen LogP contribution in [0.3, 0.4) is 0 Å². The van der Waals surface area contributed by atoms with Gasteiger partial charge < -0.3 is 9.72 Å². The van der Waals surface area contributed by atoms with Crippen LogP contribution in [0.25, 0.3) is 0 Å². The summed E-state index contributed by atoms with van der Waals surface area (Å²) in [5.74, 6) is -0.0769. The summed E-state index contributed by atoms with van der Waals surface area (Å²) in [7, 11) is 1.22. The minimum Gasteiger partial charge on any atom is -0.465 e. The van der Waals surface area contributed by atoms with Crippen molar-refractivity contribution in [3.8, 4) is 0 Å². The first-order chi connectivity index (χ1) is 6.69. The van der Waals surface area contributed by atoms with Crippen molar-refractivity contribution in [3.63, 3.8) is 0 Å². The number of nitrogens with zero attached hydrogens (tertiary/aromatic N) is 1. The summed E-state index contributed by atoms with van der Waals surface area (Å²) < 4.78 is 4.42. The van der Waals surface area contributed by atoms with Crippen molar-refractivity contribution in [1.29, 1.82) is 0 Å². The number of aromatic nitrogens is 2. The molecule has 0 aromatic carbocycles. The summed E-state index contributed by atoms with van der Waals surface area (Å²) in [4.78, 5) is 28.8. The Kier molecular flexibility index (Phi) is 3.39. The Morgan fingerprint density at radius 1 is 1.64 bits per heavy atom. The van der Waals surface area contributed by atoms with Gasteiger partial charge in [0.25, 0.3) is 5.56 Å². The fraction of sp³-hybridized carbons (Fsp3) is 0.444. The van der Waals surface area contributed by atoms with Crippen LogP contribution in [0, 0.1) is 0 Å². The number of carbonyl (C=O) groups excluding carboxylic acids is 1. The van der Waals surface area contributed by atoms with Crippen molar-refractivity contribution in [2.45, 2.75) is 19.8 Å². The Balaban J connectivity index is 3.02. The van der Waals surface area contributed by atoms with Gasteiger partial charge in [-0.05, 0) is 6.42 Å². The first-order valence-corrected chi connectivity index (χ1v) is 4.35. The van der Waals surface area contributed by atoms with Crippen LogP contribution in [0.2, 0.25) is 0 Å². The van der Waals surface area contributed by atoms with Crippen molar-refractivity contribution in [2.24, 2.45) is 0 Å². The van der Waals surface area contributed by atoms with Gasteiger partial charge in [0.15, 0.2) is 0 Å². The van der Waals surface area contributed by atoms with Crippen LogP contribution < -0.4 is 5.56 Å². The molecule has 5 nitrogen and oxygen atoms in total. The zero-order chi connectivity index (χ0) is 10.6. The highest BCUT2D eigenvalue weighted by Crippen LogP contribution is 1.95. The molecule has 14 heavy (non-hydrogen) atoms. The maximum atomic E-state index is 11.3. The van der Waals surface area contributed by atoms with E-state index < -0.39 is 11.5 Å². The third-order valence-corrected chi connectivity index (χ3v) is 1.74. The number of ether oxygens (including phenoxy) is 1. The van der Waals surface area contributed by atoms with E-state index >= 15 is 0 Å². The van der Waals surface area contributed by atoms with Crippen LogP contribution in [0.15, 0.2) is 11.0 Å². The van der Waals surface area contributed by atoms with Gasteiger partial charge in [-0.15, -0.1) is 0 Å². The summed E-state index contributed by atoms with van der Waals surface area (Å²) in [5, 5.41) is 0. The number of H-pyrrole nitrogens is 1. The highest BCUT2D eigenvalue weighted by atomic mass is 16.5. The number of methoxy groups -OCH3 is 1. The van der Waals surface area contributed by atoms with Gasteiger partial charge in [-0.25, -0.2) is 9.78 Å². The second kappa shape index (κ2) is 4.55. The van der Waals surface area contributed by atoms with Gasteiger partial charge in [0.2, 0.25) is 0 Å². The summed E-state index contributed by atoms with van der Waals surface area (Å²) in [6.45, 7) is 1.98. The predicted octanol–water partition coefficient (Wildman–Crippen LogP) is 0.509. The molecule has 0 aliphatic carbocycles. The SMILES string of the molecule is CCCc1ncc(C(=O)OC)c(=O)[nH]1. The molecule has 0 saturated carbocycles. The largest absolute Gasteiger partial charge is 0.465 e. The Morgan fingerprint density at radius 3 is 2.86 bits per heavy atom. The lowest BCUT2D eigenvalue weighted by Gasteiger charge is -1.99. The van der Waals surface area contributed by atoms with E-state index in [1.54, 1.807) is 0 Å². The van der Waals surface area contributed by atoms with E-state index in [4.69, 9.17) is 0 Å². The minimum absolute atomic E-state index is 0.0626. The molecule has 0 atom stereocenters. The Hall–Kier alpha value is -1.65. The van der Waals surface area contributed by atoms with Gasteiger partial charge in [-0.3, -0.25) is 4.79 Å². The van der Waals surface area contributed by atoms with Gasteiger partial charge in [0.05, 0.1) is 7.11 Å². The molecule has 1 heterocycles. The molecular weight excluding hydrogens is 184 g/mol. The van der Waals surface area contributed by atoms with Crippen molar-refractivity contribution >= 4 is 5.97 Å². The van der Waals surface area contributed by atoms with Crippen molar-refractivity contribution in [3.05, 3.63) is 27.9 Å². The molecule has 0 spiro atoms. The summed E-state index contributed by atoms with van der Waals surface area (Å²) in [6.07, 6.45) is 2.83. The molecule has 0 aliphatic heterocycles. The van der Waals surface area contributed by atoms with Crippen LogP contribution >= 0.6 is 0 Å². The van der Waals surface area contributed by atoms with E-state index in [9.17, 15) is 9.59 Å². The number of aryl methyl sites for hydroxylation is 1. The highest BCUT2D eigenvalue weighted by molar-refractivity contribution is 5.88. The molecule has 1 aromatic rings. The van der Waals surface area contributed by atoms with E-state index in [0.717, 1.165) is 6.42 Å². The maximum absolute atomic E-state index is 11.3. The normalized spacial score (nSPS) is 9.86. The zero-order valence-corrected chi connectivity index (χ0v) is 8.16. The lowest BCUT2D eigenvalue weighted by molar-refractivity contribution is 0.0598. The van der Waals surface area contributed by atoms with Gasteiger partial charge in [-0.2, -0.15) is 0 Å². The molecular formula is C9H12N2O3. The van der Waals surface area contributed by atoms with Crippen molar-refractivity contribution in [2.75, 3.05) is 7.11 Å². The van der Waals surface area contributed by atoms with Crippen LogP contribution in [0.1, 0.15) is 29.5 Å². The lowest BCUT2D eigenvalue weighted by Crippen LogP contribution is -2.21. The number of esters is 1. The zero-order valence-electron chi connectivity index (χ0n) is 8.16. The van der Waals surface area contributed by atoms with Crippen molar-refractivity contribution < 1.29 is 9.53 Å². The average Bonchev–Trinajstić information content (AvgIpc) is 2.17. The summed E-state index contributed by atoms with van der Waals surface area (Å²) in [5.41, 5.74) is -0.511. The molecule has 0 fully saturated rings. The van der Waals surface area contributed by atoms with Gasteiger partial charge in [-0.1, -0.05) is 6.92 Å². The number of aromatic amines is 1. The second-order valence-electron chi connectivity index (χ2n) is 2.81. The fourth-order valence-electron chi connectivity index (χ4n) is 1.05. The Morgan fingerprint density at radius 2 is 2.36 bits per heavy atom. The number of carbonyl (C=O) groups is 1. The molecule has 1 N–H and O–H groups in total. The molecule has 0 aliphatic rings. The molecule has 0 radical (unpaired) electrons. The average molecular weight is 196 g/mol. The third kappa shape index (κ3) is 2.18. The smallest absolute Gasteiger partial charge is 0.345 e. The van der Waals surface area contributed by atoms with E-state index in [1.165, 1.54) is 13.3 Å². The van der Waals surface area contributed by atoms with Crippen LogP contribution in [0.4, 0.5) is 0 Å². The second-order valence-corrected chi connectivity index (χ2v) is 2.81. The molecule has 0 saturated heterocycles. The highest BCUT2D eigenvalue weighted by Gasteiger charge is 2.11. The number of hydrogen-bond donors (Lipinski definition) is 1. The number of rotatable bonds is 3. The quantitative estimate of drug-likeness (QED) is 0.715. The fourth-order valence-corrected chi connectivity index (χ4v) is 1.05. The van der Waals surface area contributed by atoms with Crippen LogP contribution in [-0.4, -0.2) is 23.0 Å².